The summed E-state index contributed by atoms with van der Waals surface area (Å²) in [6.45, 7) is 0.777. The molecule has 0 radical (unpaired) electrons. The largest absolute Gasteiger partial charge is 0.389 e. The molecule has 0 aromatic carbocycles. The van der Waals surface area contributed by atoms with E-state index in [1.54, 1.807) is 12.1 Å². The molecular weight excluding hydrogens is 288 g/mol. The molecule has 2 rings (SSSR count). The number of piperidine rings is 1. The highest BCUT2D eigenvalue weighted by Crippen LogP contribution is 2.28. The maximum Gasteiger partial charge on any atom is 0.389 e. The topological polar surface area (TPSA) is 33.2 Å². The van der Waals surface area contributed by atoms with Crippen molar-refractivity contribution in [3.05, 3.63) is 29.8 Å². The lowest BCUT2D eigenvalue weighted by atomic mass is 9.93. The van der Waals surface area contributed by atoms with Crippen LogP contribution in [0.2, 0.25) is 0 Å². The predicted octanol–water partition coefficient (Wildman–Crippen LogP) is 3.27. The number of carbonyl (C=O) groups is 1. The zero-order valence-corrected chi connectivity index (χ0v) is 11.4. The number of carbonyl (C=O) groups excluding carboxylic acids is 1. The molecule has 0 aliphatic carbocycles. The third-order valence-corrected chi connectivity index (χ3v) is 3.62. The Morgan fingerprint density at radius 1 is 1.29 bits per heavy atom. The van der Waals surface area contributed by atoms with Crippen LogP contribution in [0.15, 0.2) is 18.2 Å². The Labute approximate surface area is 120 Å². The minimum absolute atomic E-state index is 0.0485. The highest BCUT2D eigenvalue weighted by Gasteiger charge is 2.30. The van der Waals surface area contributed by atoms with Crippen LogP contribution in [-0.4, -0.2) is 35.1 Å². The first-order chi connectivity index (χ1) is 9.85. The second-order valence-corrected chi connectivity index (χ2v) is 5.16. The maximum atomic E-state index is 13.1. The maximum absolute atomic E-state index is 13.1. The van der Waals surface area contributed by atoms with Crippen molar-refractivity contribution in [1.82, 2.24) is 9.88 Å². The third-order valence-electron chi connectivity index (χ3n) is 3.62. The van der Waals surface area contributed by atoms with Crippen LogP contribution in [-0.2, 0) is 4.79 Å². The lowest BCUT2D eigenvalue weighted by Crippen LogP contribution is -2.38. The van der Waals surface area contributed by atoms with Gasteiger partial charge in [0.2, 0.25) is 11.9 Å². The summed E-state index contributed by atoms with van der Waals surface area (Å²) in [7, 11) is 0. The molecule has 1 aliphatic heterocycles. The monoisotopic (exact) mass is 304 g/mol. The molecule has 1 amide bonds. The smallest absolute Gasteiger partial charge is 0.343 e. The summed E-state index contributed by atoms with van der Waals surface area (Å²) in [6, 6.07) is 4.58. The molecule has 1 aliphatic rings. The zero-order chi connectivity index (χ0) is 15.5. The van der Waals surface area contributed by atoms with Crippen molar-refractivity contribution in [2.45, 2.75) is 37.8 Å². The summed E-state index contributed by atoms with van der Waals surface area (Å²) in [5.74, 6) is -0.971. The molecule has 21 heavy (non-hydrogen) atoms. The number of alkyl halides is 3. The standard InChI is InChI=1S/C14H16F4N2O/c15-12-3-1-2-11(19-12)10-5-8-20(9-6-10)13(21)4-7-14(16,17)18/h1-3,10H,4-9H2. The molecule has 1 aromatic rings. The highest BCUT2D eigenvalue weighted by molar-refractivity contribution is 5.76. The molecule has 3 nitrogen and oxygen atoms in total. The van der Waals surface area contributed by atoms with Gasteiger partial charge in [-0.1, -0.05) is 6.07 Å². The minimum atomic E-state index is -4.31. The van der Waals surface area contributed by atoms with Gasteiger partial charge in [0.05, 0.1) is 6.42 Å². The minimum Gasteiger partial charge on any atom is -0.343 e. The van der Waals surface area contributed by atoms with Gasteiger partial charge >= 0.3 is 6.18 Å². The molecule has 0 bridgehead atoms. The summed E-state index contributed by atoms with van der Waals surface area (Å²) in [5, 5.41) is 0. The molecule has 0 saturated carbocycles. The van der Waals surface area contributed by atoms with E-state index in [2.05, 4.69) is 4.98 Å². The number of hydrogen-bond donors (Lipinski definition) is 0. The zero-order valence-electron chi connectivity index (χ0n) is 11.4. The van der Waals surface area contributed by atoms with Gasteiger partial charge in [0.1, 0.15) is 0 Å². The second-order valence-electron chi connectivity index (χ2n) is 5.16. The Morgan fingerprint density at radius 3 is 2.52 bits per heavy atom. The molecule has 116 valence electrons. The van der Waals surface area contributed by atoms with Gasteiger partial charge in [-0.25, -0.2) is 4.98 Å². The quantitative estimate of drug-likeness (QED) is 0.634. The van der Waals surface area contributed by atoms with E-state index >= 15 is 0 Å². The lowest BCUT2D eigenvalue weighted by molar-refractivity contribution is -0.149. The summed E-state index contributed by atoms with van der Waals surface area (Å²) >= 11 is 0. The van der Waals surface area contributed by atoms with Crippen LogP contribution in [0.5, 0.6) is 0 Å². The first-order valence-electron chi connectivity index (χ1n) is 6.82. The number of nitrogens with zero attached hydrogens (tertiary/aromatic N) is 2. The number of halogens is 4. The van der Waals surface area contributed by atoms with E-state index in [0.717, 1.165) is 0 Å². The fourth-order valence-electron chi connectivity index (χ4n) is 2.48. The number of likely N-dealkylation sites (tertiary alicyclic amines) is 1. The Hall–Kier alpha value is -1.66. The van der Waals surface area contributed by atoms with Crippen LogP contribution in [0.4, 0.5) is 17.6 Å². The van der Waals surface area contributed by atoms with Crippen LogP contribution in [0.3, 0.4) is 0 Å². The van der Waals surface area contributed by atoms with E-state index in [1.807, 2.05) is 0 Å². The van der Waals surface area contributed by atoms with Crippen LogP contribution in [0.25, 0.3) is 0 Å². The average molecular weight is 304 g/mol. The fraction of sp³-hybridized carbons (Fsp3) is 0.571. The van der Waals surface area contributed by atoms with E-state index < -0.39 is 30.9 Å². The lowest BCUT2D eigenvalue weighted by Gasteiger charge is -2.32. The van der Waals surface area contributed by atoms with Gasteiger partial charge in [0.25, 0.3) is 0 Å². The van der Waals surface area contributed by atoms with Crippen molar-refractivity contribution in [3.8, 4) is 0 Å². The average Bonchev–Trinajstić information content (AvgIpc) is 2.44. The molecular formula is C14H16F4N2O. The van der Waals surface area contributed by atoms with Crippen LogP contribution in [0, 0.1) is 5.95 Å². The number of hydrogen-bond acceptors (Lipinski definition) is 2. The third kappa shape index (κ3) is 4.68. The van der Waals surface area contributed by atoms with E-state index in [0.29, 0.717) is 31.6 Å². The Morgan fingerprint density at radius 2 is 1.95 bits per heavy atom. The van der Waals surface area contributed by atoms with Gasteiger partial charge in [-0.3, -0.25) is 4.79 Å². The molecule has 1 aromatic heterocycles. The van der Waals surface area contributed by atoms with Gasteiger partial charge in [0, 0.05) is 31.1 Å². The van der Waals surface area contributed by atoms with Gasteiger partial charge in [-0.15, -0.1) is 0 Å². The van der Waals surface area contributed by atoms with E-state index in [-0.39, 0.29) is 5.92 Å². The molecule has 1 fully saturated rings. The summed E-state index contributed by atoms with van der Waals surface area (Å²) in [5.41, 5.74) is 0.636. The Bertz CT molecular complexity index is 496. The number of aromatic nitrogens is 1. The molecule has 7 heteroatoms. The van der Waals surface area contributed by atoms with E-state index in [1.165, 1.54) is 11.0 Å². The van der Waals surface area contributed by atoms with Crippen molar-refractivity contribution in [2.75, 3.05) is 13.1 Å². The normalized spacial score (nSPS) is 17.0. The number of pyridine rings is 1. The SMILES string of the molecule is O=C(CCC(F)(F)F)N1CCC(c2cccc(F)n2)CC1. The van der Waals surface area contributed by atoms with E-state index in [4.69, 9.17) is 0 Å². The van der Waals surface area contributed by atoms with Gasteiger partial charge in [-0.2, -0.15) is 17.6 Å². The van der Waals surface area contributed by atoms with Gasteiger partial charge in [-0.05, 0) is 25.0 Å². The second kappa shape index (κ2) is 6.41. The molecule has 2 heterocycles. The Kier molecular flexibility index (Phi) is 4.80. The van der Waals surface area contributed by atoms with Crippen LogP contribution in [0.1, 0.15) is 37.3 Å². The molecule has 0 N–H and O–H groups in total. The Balaban J connectivity index is 1.84. The van der Waals surface area contributed by atoms with Crippen LogP contribution >= 0.6 is 0 Å². The van der Waals surface area contributed by atoms with Crippen molar-refractivity contribution < 1.29 is 22.4 Å². The van der Waals surface area contributed by atoms with Gasteiger partial charge in [0.15, 0.2) is 0 Å². The van der Waals surface area contributed by atoms with E-state index in [9.17, 15) is 22.4 Å². The summed E-state index contributed by atoms with van der Waals surface area (Å²) in [6.07, 6.45) is -4.72. The van der Waals surface area contributed by atoms with Crippen molar-refractivity contribution in [1.29, 1.82) is 0 Å². The van der Waals surface area contributed by atoms with Gasteiger partial charge < -0.3 is 4.90 Å². The first-order valence-corrected chi connectivity index (χ1v) is 6.82. The molecule has 1 saturated heterocycles. The summed E-state index contributed by atoms with van der Waals surface area (Å²) in [4.78, 5) is 17.0. The molecule has 0 unspecified atom stereocenters. The van der Waals surface area contributed by atoms with Crippen molar-refractivity contribution in [3.63, 3.8) is 0 Å². The van der Waals surface area contributed by atoms with Crippen molar-refractivity contribution in [2.24, 2.45) is 0 Å². The molecule has 0 atom stereocenters. The first kappa shape index (κ1) is 15.7. The number of amides is 1. The highest BCUT2D eigenvalue weighted by atomic mass is 19.4. The number of rotatable bonds is 3. The summed E-state index contributed by atoms with van der Waals surface area (Å²) < 4.78 is 49.3. The predicted molar refractivity (Wildman–Crippen MR) is 68.0 cm³/mol. The van der Waals surface area contributed by atoms with Crippen LogP contribution < -0.4 is 0 Å². The molecule has 0 spiro atoms. The van der Waals surface area contributed by atoms with Crippen molar-refractivity contribution >= 4 is 5.91 Å². The fourth-order valence-corrected chi connectivity index (χ4v) is 2.48.